The molecule has 2 aromatic rings. The Morgan fingerprint density at radius 1 is 1.38 bits per heavy atom. The third-order valence-electron chi connectivity index (χ3n) is 4.07. The van der Waals surface area contributed by atoms with Gasteiger partial charge in [0, 0.05) is 11.4 Å². The normalized spacial score (nSPS) is 18.7. The number of nitriles is 1. The van der Waals surface area contributed by atoms with Gasteiger partial charge in [0.25, 0.3) is 0 Å². The molecule has 0 bridgehead atoms. The molecule has 0 N–H and O–H groups in total. The second-order valence-electron chi connectivity index (χ2n) is 5.23. The van der Waals surface area contributed by atoms with Crippen molar-refractivity contribution in [2.24, 2.45) is 0 Å². The van der Waals surface area contributed by atoms with Gasteiger partial charge >= 0.3 is 0 Å². The minimum Gasteiger partial charge on any atom is -0.334 e. The highest BCUT2D eigenvalue weighted by Gasteiger charge is 2.33. The predicted molar refractivity (Wildman–Crippen MR) is 82.9 cm³/mol. The zero-order valence-electron chi connectivity index (χ0n) is 11.8. The number of rotatable bonds is 2. The Labute approximate surface area is 128 Å². The Kier molecular flexibility index (Phi) is 3.76. The van der Waals surface area contributed by atoms with Crippen molar-refractivity contribution in [2.75, 3.05) is 6.54 Å². The van der Waals surface area contributed by atoms with Crippen LogP contribution in [0.1, 0.15) is 34.9 Å². The largest absolute Gasteiger partial charge is 0.334 e. The smallest absolute Gasteiger partial charge is 0.244 e. The Balaban J connectivity index is 1.87. The molecule has 1 amide bonds. The Hall–Kier alpha value is -2.12. The highest BCUT2D eigenvalue weighted by atomic mass is 32.1. The number of thiophene rings is 1. The van der Waals surface area contributed by atoms with Crippen LogP contribution in [-0.2, 0) is 11.2 Å². The van der Waals surface area contributed by atoms with Crippen LogP contribution in [0.4, 0.5) is 0 Å². The summed E-state index contributed by atoms with van der Waals surface area (Å²) in [6.07, 6.45) is 0.885. The van der Waals surface area contributed by atoms with Crippen LogP contribution >= 0.6 is 11.3 Å². The van der Waals surface area contributed by atoms with E-state index in [9.17, 15) is 10.1 Å². The van der Waals surface area contributed by atoms with Gasteiger partial charge in [0.05, 0.1) is 12.1 Å². The number of fused-ring (bicyclic) bond motifs is 1. The summed E-state index contributed by atoms with van der Waals surface area (Å²) in [7, 11) is 0. The topological polar surface area (TPSA) is 44.1 Å². The first-order valence-electron chi connectivity index (χ1n) is 7.03. The molecular weight excluding hydrogens is 280 g/mol. The summed E-state index contributed by atoms with van der Waals surface area (Å²) < 4.78 is 0. The summed E-state index contributed by atoms with van der Waals surface area (Å²) in [6.45, 7) is 2.74. The minimum absolute atomic E-state index is 0.0482. The number of hydrogen-bond donors (Lipinski definition) is 0. The first kappa shape index (κ1) is 13.8. The lowest BCUT2D eigenvalue weighted by molar-refractivity contribution is -0.134. The zero-order valence-corrected chi connectivity index (χ0v) is 12.6. The summed E-state index contributed by atoms with van der Waals surface area (Å²) in [4.78, 5) is 16.0. The van der Waals surface area contributed by atoms with E-state index >= 15 is 0 Å². The number of carbonyl (C=O) groups excluding carboxylic acids is 1. The number of benzene rings is 1. The van der Waals surface area contributed by atoms with Crippen molar-refractivity contribution in [1.29, 1.82) is 5.26 Å². The van der Waals surface area contributed by atoms with E-state index in [0.717, 1.165) is 12.0 Å². The maximum absolute atomic E-state index is 12.8. The number of nitrogens with zero attached hydrogens (tertiary/aromatic N) is 2. The van der Waals surface area contributed by atoms with E-state index in [4.69, 9.17) is 0 Å². The minimum atomic E-state index is -0.714. The second kappa shape index (κ2) is 5.71. The molecule has 21 heavy (non-hydrogen) atoms. The van der Waals surface area contributed by atoms with Gasteiger partial charge in [-0.1, -0.05) is 30.3 Å². The van der Waals surface area contributed by atoms with Gasteiger partial charge in [0.2, 0.25) is 5.91 Å². The molecule has 3 rings (SSSR count). The van der Waals surface area contributed by atoms with E-state index < -0.39 is 5.92 Å². The molecule has 2 atom stereocenters. The quantitative estimate of drug-likeness (QED) is 0.851. The van der Waals surface area contributed by atoms with Crippen LogP contribution in [-0.4, -0.2) is 17.4 Å². The van der Waals surface area contributed by atoms with Gasteiger partial charge in [-0.2, -0.15) is 5.26 Å². The standard InChI is InChI=1S/C17H16N2OS/c1-12-14-8-10-21-16(14)7-9-19(12)17(20)15(11-18)13-5-3-2-4-6-13/h2-6,8,10,12,15H,7,9H2,1H3. The predicted octanol–water partition coefficient (Wildman–Crippen LogP) is 3.50. The fourth-order valence-electron chi connectivity index (χ4n) is 2.89. The van der Waals surface area contributed by atoms with Crippen LogP contribution in [0.15, 0.2) is 41.8 Å². The zero-order chi connectivity index (χ0) is 14.8. The van der Waals surface area contributed by atoms with Gasteiger partial charge in [-0.05, 0) is 35.9 Å². The molecule has 0 saturated heterocycles. The first-order valence-corrected chi connectivity index (χ1v) is 7.91. The monoisotopic (exact) mass is 296 g/mol. The fourth-order valence-corrected chi connectivity index (χ4v) is 3.86. The van der Waals surface area contributed by atoms with E-state index in [1.54, 1.807) is 11.3 Å². The van der Waals surface area contributed by atoms with E-state index in [-0.39, 0.29) is 11.9 Å². The summed E-state index contributed by atoms with van der Waals surface area (Å²) in [6, 6.07) is 13.6. The number of hydrogen-bond acceptors (Lipinski definition) is 3. The molecule has 2 heterocycles. The molecule has 1 aliphatic rings. The Bertz CT molecular complexity index is 686. The molecule has 1 aromatic heterocycles. The van der Waals surface area contributed by atoms with Crippen LogP contribution < -0.4 is 0 Å². The van der Waals surface area contributed by atoms with Crippen molar-refractivity contribution in [3.63, 3.8) is 0 Å². The number of carbonyl (C=O) groups is 1. The Morgan fingerprint density at radius 3 is 2.86 bits per heavy atom. The molecule has 106 valence electrons. The third-order valence-corrected chi connectivity index (χ3v) is 5.07. The van der Waals surface area contributed by atoms with Crippen molar-refractivity contribution in [3.8, 4) is 6.07 Å². The average Bonchev–Trinajstić information content (AvgIpc) is 2.99. The molecule has 1 aliphatic heterocycles. The fraction of sp³-hybridized carbons (Fsp3) is 0.294. The molecular formula is C17H16N2OS. The van der Waals surface area contributed by atoms with Crippen molar-refractivity contribution in [2.45, 2.75) is 25.3 Å². The SMILES string of the molecule is CC1c2ccsc2CCN1C(=O)C(C#N)c1ccccc1. The van der Waals surface area contributed by atoms with Crippen molar-refractivity contribution < 1.29 is 4.79 Å². The van der Waals surface area contributed by atoms with Gasteiger partial charge in [0.15, 0.2) is 0 Å². The lowest BCUT2D eigenvalue weighted by Crippen LogP contribution is -2.40. The summed E-state index contributed by atoms with van der Waals surface area (Å²) in [5, 5.41) is 11.5. The van der Waals surface area contributed by atoms with Gasteiger partial charge in [-0.25, -0.2) is 0 Å². The van der Waals surface area contributed by atoms with Crippen LogP contribution in [0.3, 0.4) is 0 Å². The first-order chi connectivity index (χ1) is 10.2. The third kappa shape index (κ3) is 2.45. The molecule has 0 fully saturated rings. The van der Waals surface area contributed by atoms with Crippen molar-refractivity contribution in [1.82, 2.24) is 4.90 Å². The molecule has 2 unspecified atom stereocenters. The van der Waals surface area contributed by atoms with E-state index in [1.165, 1.54) is 10.4 Å². The average molecular weight is 296 g/mol. The maximum Gasteiger partial charge on any atom is 0.244 e. The Morgan fingerprint density at radius 2 is 2.14 bits per heavy atom. The highest BCUT2D eigenvalue weighted by molar-refractivity contribution is 7.10. The summed E-state index contributed by atoms with van der Waals surface area (Å²) in [5.41, 5.74) is 2.00. The lowest BCUT2D eigenvalue weighted by atomic mass is 9.95. The summed E-state index contributed by atoms with van der Waals surface area (Å²) >= 11 is 1.75. The van der Waals surface area contributed by atoms with Gasteiger partial charge in [-0.3, -0.25) is 4.79 Å². The van der Waals surface area contributed by atoms with Gasteiger partial charge in [-0.15, -0.1) is 11.3 Å². The van der Waals surface area contributed by atoms with Crippen molar-refractivity contribution >= 4 is 17.2 Å². The molecule has 0 aliphatic carbocycles. The van der Waals surface area contributed by atoms with E-state index in [2.05, 4.69) is 17.5 Å². The summed E-state index contributed by atoms with van der Waals surface area (Å²) in [5.74, 6) is -0.804. The van der Waals surface area contributed by atoms with Crippen LogP contribution in [0.5, 0.6) is 0 Å². The van der Waals surface area contributed by atoms with Gasteiger partial charge in [0.1, 0.15) is 5.92 Å². The lowest BCUT2D eigenvalue weighted by Gasteiger charge is -2.34. The molecule has 4 heteroatoms. The molecule has 0 spiro atoms. The van der Waals surface area contributed by atoms with E-state index in [1.807, 2.05) is 42.2 Å². The number of amides is 1. The van der Waals surface area contributed by atoms with Crippen LogP contribution in [0.2, 0.25) is 0 Å². The van der Waals surface area contributed by atoms with Crippen molar-refractivity contribution in [3.05, 3.63) is 57.8 Å². The molecule has 0 radical (unpaired) electrons. The van der Waals surface area contributed by atoms with Crippen LogP contribution in [0.25, 0.3) is 0 Å². The highest BCUT2D eigenvalue weighted by Crippen LogP contribution is 2.34. The maximum atomic E-state index is 12.8. The molecule has 3 nitrogen and oxygen atoms in total. The molecule has 0 saturated carbocycles. The van der Waals surface area contributed by atoms with Gasteiger partial charge < -0.3 is 4.90 Å². The molecule has 1 aromatic carbocycles. The van der Waals surface area contributed by atoms with E-state index in [0.29, 0.717) is 6.54 Å². The van der Waals surface area contributed by atoms with Crippen LogP contribution in [0, 0.1) is 11.3 Å². The second-order valence-corrected chi connectivity index (χ2v) is 6.23.